The fourth-order valence-corrected chi connectivity index (χ4v) is 2.64. The van der Waals surface area contributed by atoms with Gasteiger partial charge in [0.15, 0.2) is 12.6 Å². The summed E-state index contributed by atoms with van der Waals surface area (Å²) in [5.41, 5.74) is 0. The molecule has 0 aromatic heterocycles. The van der Waals surface area contributed by atoms with Crippen molar-refractivity contribution in [2.45, 2.75) is 61.4 Å². The Morgan fingerprint density at radius 3 is 1.75 bits per heavy atom. The minimum absolute atomic E-state index is 0.381. The summed E-state index contributed by atoms with van der Waals surface area (Å²) in [6, 6.07) is 0. The van der Waals surface area contributed by atoms with Crippen LogP contribution >= 0.6 is 0 Å². The zero-order chi connectivity index (χ0) is 18.0. The molecule has 24 heavy (non-hydrogen) atoms. The van der Waals surface area contributed by atoms with Gasteiger partial charge in [-0.3, -0.25) is 0 Å². The van der Waals surface area contributed by atoms with Crippen molar-refractivity contribution in [3.8, 4) is 0 Å². The second-order valence-electron chi connectivity index (χ2n) is 5.78. The third kappa shape index (κ3) is 3.86. The Morgan fingerprint density at radius 2 is 1.21 bits per heavy atom. The van der Waals surface area contributed by atoms with Crippen molar-refractivity contribution in [3.05, 3.63) is 0 Å². The number of methoxy groups -OCH3 is 1. The minimum Gasteiger partial charge on any atom is -0.394 e. The van der Waals surface area contributed by atoms with Crippen LogP contribution in [0.3, 0.4) is 0 Å². The number of rotatable bonds is 5. The molecule has 7 N–H and O–H groups in total. The molecule has 10 atom stereocenters. The third-order valence-electron chi connectivity index (χ3n) is 4.17. The molecule has 11 nitrogen and oxygen atoms in total. The fourth-order valence-electron chi connectivity index (χ4n) is 2.64. The van der Waals surface area contributed by atoms with Crippen molar-refractivity contribution in [2.24, 2.45) is 0 Å². The van der Waals surface area contributed by atoms with Crippen LogP contribution in [0.15, 0.2) is 0 Å². The molecule has 2 heterocycles. The second-order valence-corrected chi connectivity index (χ2v) is 5.78. The molecule has 0 radical (unpaired) electrons. The topological polar surface area (TPSA) is 179 Å². The normalized spacial score (nSPS) is 50.0. The van der Waals surface area contributed by atoms with Gasteiger partial charge in [0.05, 0.1) is 13.2 Å². The van der Waals surface area contributed by atoms with Crippen molar-refractivity contribution in [2.75, 3.05) is 20.3 Å². The van der Waals surface area contributed by atoms with Gasteiger partial charge in [0.1, 0.15) is 48.8 Å². The molecule has 11 heteroatoms. The van der Waals surface area contributed by atoms with E-state index in [-0.39, 0.29) is 6.61 Å². The van der Waals surface area contributed by atoms with Gasteiger partial charge in [0, 0.05) is 7.11 Å². The van der Waals surface area contributed by atoms with Gasteiger partial charge in [-0.15, -0.1) is 0 Å². The molecule has 0 aromatic rings. The SMILES string of the molecule is CO[C@H]1O[C@H](CO[C@H]2O[C@H](CO)[C@H](O)[C@H](O)[C@H]2O)[C@H](O)[C@H](O)[C@H]1O. The molecule has 2 fully saturated rings. The molecule has 142 valence electrons. The molecular formula is C13H24O11. The highest BCUT2D eigenvalue weighted by atomic mass is 16.7. The lowest BCUT2D eigenvalue weighted by Crippen LogP contribution is -2.61. The largest absolute Gasteiger partial charge is 0.394 e. The monoisotopic (exact) mass is 356 g/mol. The van der Waals surface area contributed by atoms with Gasteiger partial charge in [-0.1, -0.05) is 0 Å². The van der Waals surface area contributed by atoms with Crippen molar-refractivity contribution >= 4 is 0 Å². The maximum Gasteiger partial charge on any atom is 0.186 e. The number of aliphatic hydroxyl groups excluding tert-OH is 7. The van der Waals surface area contributed by atoms with Gasteiger partial charge in [-0.05, 0) is 0 Å². The molecule has 2 saturated heterocycles. The van der Waals surface area contributed by atoms with Crippen LogP contribution < -0.4 is 0 Å². The lowest BCUT2D eigenvalue weighted by Gasteiger charge is -2.42. The van der Waals surface area contributed by atoms with E-state index in [1.807, 2.05) is 0 Å². The number of hydrogen-bond donors (Lipinski definition) is 7. The first kappa shape index (κ1) is 19.9. The first-order chi connectivity index (χ1) is 11.3. The summed E-state index contributed by atoms with van der Waals surface area (Å²) in [5, 5.41) is 67.6. The summed E-state index contributed by atoms with van der Waals surface area (Å²) in [5.74, 6) is 0. The van der Waals surface area contributed by atoms with E-state index >= 15 is 0 Å². The van der Waals surface area contributed by atoms with Crippen molar-refractivity contribution in [1.82, 2.24) is 0 Å². The Hall–Kier alpha value is -0.440. The Labute approximate surface area is 137 Å². The molecule has 0 unspecified atom stereocenters. The molecule has 0 saturated carbocycles. The van der Waals surface area contributed by atoms with Crippen molar-refractivity contribution in [3.63, 3.8) is 0 Å². The van der Waals surface area contributed by atoms with E-state index in [0.717, 1.165) is 0 Å². The van der Waals surface area contributed by atoms with Crippen LogP contribution in [0.4, 0.5) is 0 Å². The van der Waals surface area contributed by atoms with Crippen LogP contribution in [0, 0.1) is 0 Å². The quantitative estimate of drug-likeness (QED) is 0.251. The predicted octanol–water partition coefficient (Wildman–Crippen LogP) is -4.74. The lowest BCUT2D eigenvalue weighted by molar-refractivity contribution is -0.328. The van der Waals surface area contributed by atoms with Crippen LogP contribution in [-0.2, 0) is 18.9 Å². The van der Waals surface area contributed by atoms with Gasteiger partial charge in [0.2, 0.25) is 0 Å². The average molecular weight is 356 g/mol. The Bertz CT molecular complexity index is 356. The van der Waals surface area contributed by atoms with Gasteiger partial charge < -0.3 is 54.7 Å². The summed E-state index contributed by atoms with van der Waals surface area (Å²) < 4.78 is 20.5. The van der Waals surface area contributed by atoms with E-state index in [2.05, 4.69) is 0 Å². The van der Waals surface area contributed by atoms with E-state index in [1.54, 1.807) is 0 Å². The molecule has 0 amide bonds. The summed E-state index contributed by atoms with van der Waals surface area (Å²) in [6.07, 6.45) is -14.0. The van der Waals surface area contributed by atoms with Crippen LogP contribution in [-0.4, -0.2) is 117 Å². The van der Waals surface area contributed by atoms with Crippen molar-refractivity contribution < 1.29 is 54.7 Å². The van der Waals surface area contributed by atoms with Gasteiger partial charge in [0.25, 0.3) is 0 Å². The average Bonchev–Trinajstić information content (AvgIpc) is 2.58. The maximum absolute atomic E-state index is 9.91. The second kappa shape index (κ2) is 8.29. The van der Waals surface area contributed by atoms with E-state index in [0.29, 0.717) is 0 Å². The highest BCUT2D eigenvalue weighted by Crippen LogP contribution is 2.25. The highest BCUT2D eigenvalue weighted by Gasteiger charge is 2.47. The van der Waals surface area contributed by atoms with Crippen LogP contribution in [0.2, 0.25) is 0 Å². The van der Waals surface area contributed by atoms with Crippen LogP contribution in [0.1, 0.15) is 0 Å². The van der Waals surface area contributed by atoms with Crippen LogP contribution in [0.25, 0.3) is 0 Å². The smallest absolute Gasteiger partial charge is 0.186 e. The zero-order valence-electron chi connectivity index (χ0n) is 13.0. The first-order valence-electron chi connectivity index (χ1n) is 7.46. The lowest BCUT2D eigenvalue weighted by atomic mass is 9.98. The Morgan fingerprint density at radius 1 is 0.708 bits per heavy atom. The summed E-state index contributed by atoms with van der Waals surface area (Å²) >= 11 is 0. The highest BCUT2D eigenvalue weighted by molar-refractivity contribution is 4.91. The first-order valence-corrected chi connectivity index (χ1v) is 7.46. The van der Waals surface area contributed by atoms with E-state index in [9.17, 15) is 30.6 Å². The Balaban J connectivity index is 1.96. The number of ether oxygens (including phenoxy) is 4. The molecular weight excluding hydrogens is 332 g/mol. The zero-order valence-corrected chi connectivity index (χ0v) is 13.0. The molecule has 0 spiro atoms. The number of hydrogen-bond acceptors (Lipinski definition) is 11. The molecule has 2 aliphatic heterocycles. The maximum atomic E-state index is 9.91. The summed E-state index contributed by atoms with van der Waals surface area (Å²) in [6.45, 7) is -0.989. The van der Waals surface area contributed by atoms with Crippen LogP contribution in [0.5, 0.6) is 0 Å². The third-order valence-corrected chi connectivity index (χ3v) is 4.17. The van der Waals surface area contributed by atoms with Gasteiger partial charge in [-0.25, -0.2) is 0 Å². The molecule has 0 aliphatic carbocycles. The molecule has 0 bridgehead atoms. The van der Waals surface area contributed by atoms with E-state index < -0.39 is 68.0 Å². The standard InChI is InChI=1S/C13H24O11/c1-21-12-10(19)9(18)7(16)5(24-12)3-22-13-11(20)8(17)6(15)4(2-14)23-13/h4-20H,2-3H2,1H3/t4-,5-,6+,7+,8+,9+,10-,11-,12+,13+/m1/s1. The molecule has 2 aliphatic rings. The summed E-state index contributed by atoms with van der Waals surface area (Å²) in [7, 11) is 1.24. The molecule has 0 aromatic carbocycles. The molecule has 2 rings (SSSR count). The van der Waals surface area contributed by atoms with Crippen molar-refractivity contribution in [1.29, 1.82) is 0 Å². The number of aliphatic hydroxyl groups is 7. The van der Waals surface area contributed by atoms with Gasteiger partial charge >= 0.3 is 0 Å². The van der Waals surface area contributed by atoms with E-state index in [1.165, 1.54) is 7.11 Å². The fraction of sp³-hybridized carbons (Fsp3) is 1.00. The Kier molecular flexibility index (Phi) is 6.87. The summed E-state index contributed by atoms with van der Waals surface area (Å²) in [4.78, 5) is 0. The minimum atomic E-state index is -1.60. The predicted molar refractivity (Wildman–Crippen MR) is 73.4 cm³/mol. The van der Waals surface area contributed by atoms with E-state index in [4.69, 9.17) is 24.1 Å². The van der Waals surface area contributed by atoms with Gasteiger partial charge in [-0.2, -0.15) is 0 Å².